The highest BCUT2D eigenvalue weighted by molar-refractivity contribution is 9.10. The third-order valence-electron chi connectivity index (χ3n) is 4.85. The molecule has 0 aliphatic carbocycles. The van der Waals surface area contributed by atoms with E-state index in [-0.39, 0.29) is 0 Å². The molecule has 0 bridgehead atoms. The molecule has 9 heteroatoms. The molecule has 0 saturated carbocycles. The van der Waals surface area contributed by atoms with Crippen molar-refractivity contribution < 1.29 is 13.2 Å². The van der Waals surface area contributed by atoms with Crippen molar-refractivity contribution in [2.75, 3.05) is 39.3 Å². The Morgan fingerprint density at radius 1 is 1.11 bits per heavy atom. The highest BCUT2D eigenvalue weighted by atomic mass is 79.9. The monoisotopic (exact) mass is 464 g/mol. The highest BCUT2D eigenvalue weighted by Crippen LogP contribution is 2.25. The van der Waals surface area contributed by atoms with Crippen LogP contribution in [0.3, 0.4) is 0 Å². The van der Waals surface area contributed by atoms with Gasteiger partial charge in [-0.25, -0.2) is 13.4 Å². The lowest BCUT2D eigenvalue weighted by Gasteiger charge is -2.33. The van der Waals surface area contributed by atoms with Crippen molar-refractivity contribution >= 4 is 37.0 Å². The summed E-state index contributed by atoms with van der Waals surface area (Å²) in [6.45, 7) is 3.64. The molecule has 0 unspecified atom stereocenters. The first-order valence-corrected chi connectivity index (χ1v) is 11.3. The van der Waals surface area contributed by atoms with Crippen LogP contribution in [0.2, 0.25) is 0 Å². The second-order valence-electron chi connectivity index (χ2n) is 6.60. The number of pyridine rings is 1. The predicted molar refractivity (Wildman–Crippen MR) is 111 cm³/mol. The Hall–Kier alpha value is -1.94. The van der Waals surface area contributed by atoms with Crippen LogP contribution in [0.1, 0.15) is 0 Å². The minimum absolute atomic E-state index is 0.294. The van der Waals surface area contributed by atoms with E-state index in [1.165, 1.54) is 6.20 Å². The molecule has 1 saturated heterocycles. The van der Waals surface area contributed by atoms with E-state index in [0.717, 1.165) is 16.8 Å². The number of hydrogen-bond acceptors (Lipinski definition) is 5. The number of aromatic amines is 1. The molecule has 7 nitrogen and oxygen atoms in total. The van der Waals surface area contributed by atoms with Gasteiger partial charge in [-0.3, -0.25) is 4.90 Å². The second-order valence-corrected chi connectivity index (χ2v) is 9.42. The van der Waals surface area contributed by atoms with E-state index < -0.39 is 10.0 Å². The molecular weight excluding hydrogens is 444 g/mol. The molecule has 1 fully saturated rings. The number of aromatic nitrogens is 2. The van der Waals surface area contributed by atoms with Crippen molar-refractivity contribution in [3.8, 4) is 5.75 Å². The van der Waals surface area contributed by atoms with Gasteiger partial charge in [0.15, 0.2) is 0 Å². The average molecular weight is 465 g/mol. The molecule has 1 N–H and O–H groups in total. The van der Waals surface area contributed by atoms with E-state index >= 15 is 0 Å². The van der Waals surface area contributed by atoms with Crippen LogP contribution in [-0.2, 0) is 10.0 Å². The molecule has 3 aromatic rings. The van der Waals surface area contributed by atoms with Crippen LogP contribution in [-0.4, -0.2) is 66.9 Å². The van der Waals surface area contributed by atoms with Crippen molar-refractivity contribution in [3.63, 3.8) is 0 Å². The fourth-order valence-electron chi connectivity index (χ4n) is 3.30. The van der Waals surface area contributed by atoms with Gasteiger partial charge in [-0.1, -0.05) is 15.9 Å². The summed E-state index contributed by atoms with van der Waals surface area (Å²) in [5, 5.41) is 0.632. The fraction of sp³-hybridized carbons (Fsp3) is 0.316. The number of sulfonamides is 1. The quantitative estimate of drug-likeness (QED) is 0.606. The van der Waals surface area contributed by atoms with Gasteiger partial charge in [0, 0.05) is 55.0 Å². The molecule has 1 aliphatic heterocycles. The number of H-pyrrole nitrogens is 1. The number of rotatable bonds is 6. The summed E-state index contributed by atoms with van der Waals surface area (Å²) in [5.74, 6) is 0.831. The summed E-state index contributed by atoms with van der Waals surface area (Å²) < 4.78 is 34.4. The molecule has 28 heavy (non-hydrogen) atoms. The molecule has 0 spiro atoms. The molecule has 1 aliphatic rings. The summed E-state index contributed by atoms with van der Waals surface area (Å²) in [4.78, 5) is 9.63. The van der Waals surface area contributed by atoms with E-state index in [2.05, 4.69) is 30.8 Å². The van der Waals surface area contributed by atoms with Gasteiger partial charge in [-0.15, -0.1) is 0 Å². The Labute approximate surface area is 172 Å². The zero-order valence-corrected chi connectivity index (χ0v) is 17.6. The third-order valence-corrected chi connectivity index (χ3v) is 7.32. The number of nitrogens with one attached hydrogen (secondary N) is 1. The molecule has 148 valence electrons. The maximum absolute atomic E-state index is 13.0. The molecule has 1 aromatic carbocycles. The van der Waals surface area contributed by atoms with Gasteiger partial charge in [0.2, 0.25) is 10.0 Å². The zero-order chi connectivity index (χ0) is 19.6. The normalized spacial score (nSPS) is 16.5. The Morgan fingerprint density at radius 3 is 2.61 bits per heavy atom. The summed E-state index contributed by atoms with van der Waals surface area (Å²) in [5.41, 5.74) is 0.588. The summed E-state index contributed by atoms with van der Waals surface area (Å²) in [6.07, 6.45) is 3.18. The topological polar surface area (TPSA) is 78.5 Å². The zero-order valence-electron chi connectivity index (χ0n) is 15.2. The van der Waals surface area contributed by atoms with Gasteiger partial charge in [0.05, 0.1) is 0 Å². The summed E-state index contributed by atoms with van der Waals surface area (Å²) in [6, 6.07) is 11.3. The lowest BCUT2D eigenvalue weighted by atomic mass is 10.3. The minimum atomic E-state index is -3.54. The highest BCUT2D eigenvalue weighted by Gasteiger charge is 2.30. The molecular formula is C19H21BrN4O3S. The number of piperazine rings is 1. The van der Waals surface area contributed by atoms with E-state index in [1.54, 1.807) is 22.6 Å². The van der Waals surface area contributed by atoms with Crippen molar-refractivity contribution in [2.45, 2.75) is 4.90 Å². The number of benzene rings is 1. The number of halogens is 1. The van der Waals surface area contributed by atoms with Gasteiger partial charge in [-0.2, -0.15) is 4.31 Å². The smallest absolute Gasteiger partial charge is 0.245 e. The van der Waals surface area contributed by atoms with Crippen LogP contribution in [0.15, 0.2) is 58.2 Å². The van der Waals surface area contributed by atoms with Crippen molar-refractivity contribution in [3.05, 3.63) is 53.3 Å². The first-order chi connectivity index (χ1) is 13.5. The van der Waals surface area contributed by atoms with Crippen molar-refractivity contribution in [1.82, 2.24) is 19.2 Å². The maximum atomic E-state index is 13.0. The lowest BCUT2D eigenvalue weighted by Crippen LogP contribution is -2.49. The van der Waals surface area contributed by atoms with Gasteiger partial charge < -0.3 is 9.72 Å². The van der Waals surface area contributed by atoms with E-state index in [0.29, 0.717) is 48.7 Å². The van der Waals surface area contributed by atoms with E-state index in [4.69, 9.17) is 4.74 Å². The van der Waals surface area contributed by atoms with E-state index in [9.17, 15) is 8.42 Å². The van der Waals surface area contributed by atoms with Crippen molar-refractivity contribution in [2.24, 2.45) is 0 Å². The number of ether oxygens (including phenoxy) is 1. The number of fused-ring (bicyclic) bond motifs is 1. The van der Waals surface area contributed by atoms with Gasteiger partial charge >= 0.3 is 0 Å². The Bertz CT molecular complexity index is 1040. The number of nitrogens with zero attached hydrogens (tertiary/aromatic N) is 3. The molecule has 2 aromatic heterocycles. The standard InChI is InChI=1S/C19H21BrN4O3S/c20-15-3-5-16(6-4-15)27-13-12-23-8-10-24(11-9-23)28(25,26)18-14-22-19-17(18)2-1-7-21-19/h1-7,14H,8-13H2,(H,21,22). The SMILES string of the molecule is O=S(=O)(c1c[nH]c2ncccc12)N1CCN(CCOc2ccc(Br)cc2)CC1. The third kappa shape index (κ3) is 4.07. The first-order valence-electron chi connectivity index (χ1n) is 9.07. The molecule has 0 radical (unpaired) electrons. The van der Waals surface area contributed by atoms with Crippen LogP contribution in [0, 0.1) is 0 Å². The Morgan fingerprint density at radius 2 is 1.86 bits per heavy atom. The Balaban J connectivity index is 1.32. The molecule has 0 atom stereocenters. The minimum Gasteiger partial charge on any atom is -0.492 e. The summed E-state index contributed by atoms with van der Waals surface area (Å²) >= 11 is 3.40. The van der Waals surface area contributed by atoms with Crippen LogP contribution in [0.4, 0.5) is 0 Å². The predicted octanol–water partition coefficient (Wildman–Crippen LogP) is 2.71. The summed E-state index contributed by atoms with van der Waals surface area (Å²) in [7, 11) is -3.54. The van der Waals surface area contributed by atoms with Gasteiger partial charge in [0.1, 0.15) is 22.9 Å². The fourth-order valence-corrected chi connectivity index (χ4v) is 5.14. The maximum Gasteiger partial charge on any atom is 0.245 e. The largest absolute Gasteiger partial charge is 0.492 e. The molecule has 0 amide bonds. The van der Waals surface area contributed by atoms with Crippen LogP contribution in [0.5, 0.6) is 5.75 Å². The average Bonchev–Trinajstić information content (AvgIpc) is 3.15. The van der Waals surface area contributed by atoms with Crippen LogP contribution >= 0.6 is 15.9 Å². The van der Waals surface area contributed by atoms with E-state index in [1.807, 2.05) is 24.3 Å². The molecule has 4 rings (SSSR count). The van der Waals surface area contributed by atoms with Crippen LogP contribution in [0.25, 0.3) is 11.0 Å². The van der Waals surface area contributed by atoms with Crippen molar-refractivity contribution in [1.29, 1.82) is 0 Å². The first kappa shape index (κ1) is 19.4. The second kappa shape index (κ2) is 8.20. The van der Waals surface area contributed by atoms with Crippen LogP contribution < -0.4 is 4.74 Å². The Kier molecular flexibility index (Phi) is 5.68. The lowest BCUT2D eigenvalue weighted by molar-refractivity contribution is 0.159. The number of hydrogen-bond donors (Lipinski definition) is 1. The van der Waals surface area contributed by atoms with Gasteiger partial charge in [-0.05, 0) is 36.4 Å². The molecule has 3 heterocycles. The van der Waals surface area contributed by atoms with Gasteiger partial charge in [0.25, 0.3) is 0 Å².